The molecule has 3 rings (SSSR count). The average molecular weight is 440 g/mol. The molecule has 1 amide bonds. The van der Waals surface area contributed by atoms with Crippen molar-refractivity contribution in [2.45, 2.75) is 45.1 Å². The van der Waals surface area contributed by atoms with E-state index in [2.05, 4.69) is 10.3 Å². The molecule has 0 saturated carbocycles. The molecule has 0 aliphatic carbocycles. The van der Waals surface area contributed by atoms with Crippen molar-refractivity contribution in [3.8, 4) is 5.75 Å². The molecule has 31 heavy (non-hydrogen) atoms. The Balaban J connectivity index is 1.89. The first-order chi connectivity index (χ1) is 14.2. The summed E-state index contributed by atoms with van der Waals surface area (Å²) < 4.78 is 70.4. The fraction of sp³-hybridized carbons (Fsp3) is 0.400. The summed E-state index contributed by atoms with van der Waals surface area (Å²) in [5.41, 5.74) is -2.54. The third-order valence-corrected chi connectivity index (χ3v) is 5.40. The predicted octanol–water partition coefficient (Wildman–Crippen LogP) is 3.80. The maximum atomic E-state index is 14.8. The smallest absolute Gasteiger partial charge is 0.497 e. The van der Waals surface area contributed by atoms with Gasteiger partial charge in [-0.05, 0) is 52.0 Å². The first-order valence-corrected chi connectivity index (χ1v) is 9.33. The Morgan fingerprint density at radius 1 is 1.13 bits per heavy atom. The Labute approximate surface area is 177 Å². The van der Waals surface area contributed by atoms with Crippen molar-refractivity contribution in [3.05, 3.63) is 47.4 Å². The van der Waals surface area contributed by atoms with Gasteiger partial charge >= 0.3 is 13.3 Å². The second kappa shape index (κ2) is 7.79. The number of rotatable bonds is 4. The highest BCUT2D eigenvalue weighted by Crippen LogP contribution is 2.37. The van der Waals surface area contributed by atoms with Gasteiger partial charge in [-0.3, -0.25) is 4.79 Å². The van der Waals surface area contributed by atoms with Gasteiger partial charge < -0.3 is 19.4 Å². The Hall–Kier alpha value is -2.66. The van der Waals surface area contributed by atoms with E-state index in [0.29, 0.717) is 6.07 Å². The quantitative estimate of drug-likeness (QED) is 0.579. The molecule has 0 unspecified atom stereocenters. The largest absolute Gasteiger partial charge is 0.498 e. The van der Waals surface area contributed by atoms with Gasteiger partial charge in [-0.1, -0.05) is 0 Å². The molecule has 11 heteroatoms. The van der Waals surface area contributed by atoms with Gasteiger partial charge in [-0.15, -0.1) is 0 Å². The highest BCUT2D eigenvalue weighted by atomic mass is 19.4. The van der Waals surface area contributed by atoms with Crippen molar-refractivity contribution in [1.82, 2.24) is 4.98 Å². The summed E-state index contributed by atoms with van der Waals surface area (Å²) in [4.78, 5) is 16.2. The number of methoxy groups -OCH3 is 1. The van der Waals surface area contributed by atoms with Crippen LogP contribution in [0.3, 0.4) is 0 Å². The number of hydrogen-bond acceptors (Lipinski definition) is 5. The number of benzene rings is 1. The fourth-order valence-corrected chi connectivity index (χ4v) is 2.93. The van der Waals surface area contributed by atoms with E-state index in [9.17, 15) is 22.4 Å². The Kier molecular flexibility index (Phi) is 5.79. The Morgan fingerprint density at radius 2 is 1.74 bits per heavy atom. The van der Waals surface area contributed by atoms with Crippen LogP contribution in [0.4, 0.5) is 23.4 Å². The number of nitrogens with zero attached hydrogens (tertiary/aromatic N) is 1. The van der Waals surface area contributed by atoms with E-state index in [-0.39, 0.29) is 17.0 Å². The lowest BCUT2D eigenvalue weighted by Gasteiger charge is -2.32. The van der Waals surface area contributed by atoms with Gasteiger partial charge in [0.1, 0.15) is 17.4 Å². The van der Waals surface area contributed by atoms with E-state index in [1.807, 2.05) is 27.7 Å². The number of alkyl halides is 3. The molecule has 0 atom stereocenters. The summed E-state index contributed by atoms with van der Waals surface area (Å²) in [5, 5.41) is 2.17. The standard InChI is InChI=1S/C20H21BF4N2O4/c1-18(2)19(3,4)31-21(30-18)13-10-14(22)12(9-15(13)29-5)17(28)27-16-8-11(6-7-26-16)20(23,24)25/h6-10H,1-5H3,(H,26,27,28). The molecule has 1 aliphatic heterocycles. The van der Waals surface area contributed by atoms with Gasteiger partial charge in [-0.25, -0.2) is 9.37 Å². The van der Waals surface area contributed by atoms with Crippen LogP contribution in [0.15, 0.2) is 30.5 Å². The molecule has 1 aliphatic rings. The molecule has 1 fully saturated rings. The number of nitrogens with one attached hydrogen (secondary N) is 1. The number of pyridine rings is 1. The zero-order valence-electron chi connectivity index (χ0n) is 17.6. The van der Waals surface area contributed by atoms with Crippen molar-refractivity contribution in [2.75, 3.05) is 12.4 Å². The van der Waals surface area contributed by atoms with Crippen LogP contribution in [0.2, 0.25) is 0 Å². The van der Waals surface area contributed by atoms with Gasteiger partial charge in [0.25, 0.3) is 5.91 Å². The van der Waals surface area contributed by atoms with Crippen molar-refractivity contribution in [1.29, 1.82) is 0 Å². The predicted molar refractivity (Wildman–Crippen MR) is 106 cm³/mol. The summed E-state index contributed by atoms with van der Waals surface area (Å²) in [7, 11) is 0.398. The second-order valence-electron chi connectivity index (χ2n) is 8.04. The van der Waals surface area contributed by atoms with Crippen LogP contribution in [0.1, 0.15) is 43.6 Å². The maximum Gasteiger partial charge on any atom is 0.498 e. The van der Waals surface area contributed by atoms with Crippen molar-refractivity contribution >= 4 is 24.3 Å². The lowest BCUT2D eigenvalue weighted by Crippen LogP contribution is -2.41. The number of aromatic nitrogens is 1. The molecule has 1 aromatic heterocycles. The van der Waals surface area contributed by atoms with E-state index in [4.69, 9.17) is 14.0 Å². The molecule has 0 spiro atoms. The van der Waals surface area contributed by atoms with Gasteiger partial charge in [0.05, 0.1) is 29.4 Å². The number of carbonyl (C=O) groups is 1. The molecule has 1 saturated heterocycles. The minimum absolute atomic E-state index is 0.127. The number of halogens is 4. The lowest BCUT2D eigenvalue weighted by molar-refractivity contribution is -0.137. The summed E-state index contributed by atoms with van der Waals surface area (Å²) in [6, 6.07) is 3.61. The van der Waals surface area contributed by atoms with Gasteiger partial charge in [0, 0.05) is 11.7 Å². The number of ether oxygens (including phenoxy) is 1. The van der Waals surface area contributed by atoms with Crippen LogP contribution in [-0.2, 0) is 15.5 Å². The summed E-state index contributed by atoms with van der Waals surface area (Å²) in [6.07, 6.45) is -3.71. The molecule has 0 radical (unpaired) electrons. The van der Waals surface area contributed by atoms with Crippen LogP contribution >= 0.6 is 0 Å². The SMILES string of the molecule is COc1cc(C(=O)Nc2cc(C(F)(F)F)ccn2)c(F)cc1B1OC(C)(C)C(C)(C)O1. The van der Waals surface area contributed by atoms with E-state index in [1.165, 1.54) is 7.11 Å². The van der Waals surface area contributed by atoms with Crippen LogP contribution < -0.4 is 15.5 Å². The fourth-order valence-electron chi connectivity index (χ4n) is 2.93. The zero-order chi connectivity index (χ0) is 23.2. The van der Waals surface area contributed by atoms with Crippen LogP contribution in [-0.4, -0.2) is 36.3 Å². The Bertz CT molecular complexity index is 995. The highest BCUT2D eigenvalue weighted by molar-refractivity contribution is 6.63. The lowest BCUT2D eigenvalue weighted by atomic mass is 9.77. The average Bonchev–Trinajstić information content (AvgIpc) is 2.88. The van der Waals surface area contributed by atoms with Crippen LogP contribution in [0, 0.1) is 5.82 Å². The zero-order valence-corrected chi connectivity index (χ0v) is 17.6. The van der Waals surface area contributed by atoms with Crippen molar-refractivity contribution < 1.29 is 36.4 Å². The minimum atomic E-state index is -4.61. The third-order valence-electron chi connectivity index (χ3n) is 5.40. The first-order valence-electron chi connectivity index (χ1n) is 9.33. The van der Waals surface area contributed by atoms with Gasteiger partial charge in [-0.2, -0.15) is 13.2 Å². The highest BCUT2D eigenvalue weighted by Gasteiger charge is 2.52. The molecule has 1 aromatic carbocycles. The molecule has 1 N–H and O–H groups in total. The van der Waals surface area contributed by atoms with Gasteiger partial charge in [0.15, 0.2) is 0 Å². The van der Waals surface area contributed by atoms with Crippen molar-refractivity contribution in [3.63, 3.8) is 0 Å². The van der Waals surface area contributed by atoms with Crippen molar-refractivity contribution in [2.24, 2.45) is 0 Å². The number of anilines is 1. The Morgan fingerprint density at radius 3 is 2.29 bits per heavy atom. The summed E-state index contributed by atoms with van der Waals surface area (Å²) >= 11 is 0. The van der Waals surface area contributed by atoms with E-state index in [1.54, 1.807) is 0 Å². The van der Waals surface area contributed by atoms with Gasteiger partial charge in [0.2, 0.25) is 0 Å². The number of amides is 1. The minimum Gasteiger partial charge on any atom is -0.497 e. The maximum absolute atomic E-state index is 14.8. The topological polar surface area (TPSA) is 69.7 Å². The molecule has 2 heterocycles. The molecule has 2 aromatic rings. The normalized spacial score (nSPS) is 17.5. The second-order valence-corrected chi connectivity index (χ2v) is 8.04. The van der Waals surface area contributed by atoms with Crippen LogP contribution in [0.25, 0.3) is 0 Å². The van der Waals surface area contributed by atoms with E-state index in [0.717, 1.165) is 24.4 Å². The molecular formula is C20H21BF4N2O4. The van der Waals surface area contributed by atoms with Crippen LogP contribution in [0.5, 0.6) is 5.75 Å². The molecular weight excluding hydrogens is 419 g/mol. The van der Waals surface area contributed by atoms with E-state index < -0.39 is 47.3 Å². The molecule has 0 bridgehead atoms. The first kappa shape index (κ1) is 23.0. The molecule has 6 nitrogen and oxygen atoms in total. The third kappa shape index (κ3) is 4.52. The number of carbonyl (C=O) groups excluding carboxylic acids is 1. The molecule has 166 valence electrons. The monoisotopic (exact) mass is 440 g/mol. The van der Waals surface area contributed by atoms with E-state index >= 15 is 0 Å². The number of hydrogen-bond donors (Lipinski definition) is 1. The summed E-state index contributed by atoms with van der Waals surface area (Å²) in [6.45, 7) is 7.33. The summed E-state index contributed by atoms with van der Waals surface area (Å²) in [5.74, 6) is -2.15.